The molecule has 0 aliphatic heterocycles. The molecule has 27 heavy (non-hydrogen) atoms. The molecule has 0 bridgehead atoms. The molecule has 3 aromatic rings. The molecule has 0 amide bonds. The molecule has 6 nitrogen and oxygen atoms in total. The van der Waals surface area contributed by atoms with Crippen molar-refractivity contribution in [1.29, 1.82) is 0 Å². The zero-order valence-electron chi connectivity index (χ0n) is 15.5. The lowest BCUT2D eigenvalue weighted by molar-refractivity contribution is 0.395. The van der Waals surface area contributed by atoms with Crippen molar-refractivity contribution in [3.05, 3.63) is 65.9 Å². The predicted molar refractivity (Wildman–Crippen MR) is 112 cm³/mol. The van der Waals surface area contributed by atoms with Gasteiger partial charge in [-0.15, -0.1) is 0 Å². The molecule has 3 rings (SSSR count). The van der Waals surface area contributed by atoms with Gasteiger partial charge >= 0.3 is 0 Å². The van der Waals surface area contributed by atoms with Crippen LogP contribution in [0.1, 0.15) is 11.1 Å². The molecule has 1 aromatic heterocycles. The second kappa shape index (κ2) is 8.55. The summed E-state index contributed by atoms with van der Waals surface area (Å²) in [7, 11) is 3.21. The van der Waals surface area contributed by atoms with Gasteiger partial charge in [0.1, 0.15) is 11.5 Å². The topological polar surface area (TPSA) is 60.3 Å². The van der Waals surface area contributed by atoms with Crippen LogP contribution in [0.2, 0.25) is 0 Å². The Morgan fingerprint density at radius 3 is 2.63 bits per heavy atom. The van der Waals surface area contributed by atoms with Crippen LogP contribution >= 0.6 is 12.2 Å². The van der Waals surface area contributed by atoms with Gasteiger partial charge in [0.15, 0.2) is 10.9 Å². The third-order valence-corrected chi connectivity index (χ3v) is 4.34. The Labute approximate surface area is 164 Å². The Bertz CT molecular complexity index is 939. The Hall–Kier alpha value is -3.06. The first-order chi connectivity index (χ1) is 13.1. The van der Waals surface area contributed by atoms with Crippen LogP contribution in [-0.4, -0.2) is 29.1 Å². The third-order valence-electron chi connectivity index (χ3n) is 4.13. The molecule has 0 unspecified atom stereocenters. The van der Waals surface area contributed by atoms with E-state index in [-0.39, 0.29) is 0 Å². The fraction of sp³-hybridized carbons (Fsp3) is 0.200. The largest absolute Gasteiger partial charge is 0.497 e. The molecule has 0 saturated heterocycles. The number of rotatable bonds is 6. The SMILES string of the molecule is COc1ccc(NC(=S)Nc2ccn(Cc3ccccc3C)n2)c(OC)c1. The maximum atomic E-state index is 5.39. The average Bonchev–Trinajstić information content (AvgIpc) is 3.10. The molecule has 0 spiro atoms. The molecule has 0 radical (unpaired) electrons. The lowest BCUT2D eigenvalue weighted by Crippen LogP contribution is -2.20. The van der Waals surface area contributed by atoms with Crippen LogP contribution in [0, 0.1) is 6.92 Å². The lowest BCUT2D eigenvalue weighted by Gasteiger charge is -2.13. The number of hydrogen-bond acceptors (Lipinski definition) is 4. The molecule has 7 heteroatoms. The van der Waals surface area contributed by atoms with Crippen molar-refractivity contribution in [2.45, 2.75) is 13.5 Å². The molecule has 2 N–H and O–H groups in total. The van der Waals surface area contributed by atoms with Gasteiger partial charge in [-0.3, -0.25) is 4.68 Å². The minimum absolute atomic E-state index is 0.430. The maximum Gasteiger partial charge on any atom is 0.176 e. The number of aryl methyl sites for hydroxylation is 1. The van der Waals surface area contributed by atoms with Crippen LogP contribution in [-0.2, 0) is 6.54 Å². The Balaban J connectivity index is 1.64. The van der Waals surface area contributed by atoms with E-state index < -0.39 is 0 Å². The summed E-state index contributed by atoms with van der Waals surface area (Å²) in [5.41, 5.74) is 3.22. The van der Waals surface area contributed by atoms with Gasteiger partial charge in [0.25, 0.3) is 0 Å². The molecule has 1 heterocycles. The van der Waals surface area contributed by atoms with Gasteiger partial charge in [0.2, 0.25) is 0 Å². The van der Waals surface area contributed by atoms with E-state index in [9.17, 15) is 0 Å². The van der Waals surface area contributed by atoms with Gasteiger partial charge in [-0.2, -0.15) is 5.10 Å². The minimum Gasteiger partial charge on any atom is -0.497 e. The van der Waals surface area contributed by atoms with Gasteiger partial charge in [0, 0.05) is 18.3 Å². The summed E-state index contributed by atoms with van der Waals surface area (Å²) in [6.07, 6.45) is 1.92. The standard InChI is InChI=1S/C20H22N4O2S/c1-14-6-4-5-7-15(14)13-24-11-10-19(23-24)22-20(27)21-17-9-8-16(25-2)12-18(17)26-3/h4-12H,13H2,1-3H3,(H2,21,22,23,27). The van der Waals surface area contributed by atoms with Crippen molar-refractivity contribution >= 4 is 28.8 Å². The summed E-state index contributed by atoms with van der Waals surface area (Å²) in [6, 6.07) is 15.6. The molecule has 0 aliphatic carbocycles. The highest BCUT2D eigenvalue weighted by Gasteiger charge is 2.08. The summed E-state index contributed by atoms with van der Waals surface area (Å²) < 4.78 is 12.5. The van der Waals surface area contributed by atoms with Crippen LogP contribution < -0.4 is 20.1 Å². The average molecular weight is 382 g/mol. The normalized spacial score (nSPS) is 10.3. The van der Waals surface area contributed by atoms with Crippen molar-refractivity contribution in [2.75, 3.05) is 24.9 Å². The fourth-order valence-corrected chi connectivity index (χ4v) is 2.86. The minimum atomic E-state index is 0.430. The summed E-state index contributed by atoms with van der Waals surface area (Å²) in [4.78, 5) is 0. The summed E-state index contributed by atoms with van der Waals surface area (Å²) in [5, 5.41) is 11.2. The molecule has 140 valence electrons. The number of nitrogens with zero attached hydrogens (tertiary/aromatic N) is 2. The van der Waals surface area contributed by atoms with Gasteiger partial charge in [-0.1, -0.05) is 24.3 Å². The number of thiocarbonyl (C=S) groups is 1. The number of anilines is 2. The second-order valence-electron chi connectivity index (χ2n) is 5.97. The van der Waals surface area contributed by atoms with Crippen LogP contribution in [0.25, 0.3) is 0 Å². The van der Waals surface area contributed by atoms with E-state index in [2.05, 4.69) is 34.8 Å². The molecular formula is C20H22N4O2S. The van der Waals surface area contributed by atoms with E-state index in [1.54, 1.807) is 20.3 Å². The first-order valence-electron chi connectivity index (χ1n) is 8.47. The van der Waals surface area contributed by atoms with Gasteiger partial charge in [0.05, 0.1) is 26.5 Å². The maximum absolute atomic E-state index is 5.39. The zero-order chi connectivity index (χ0) is 19.2. The summed E-state index contributed by atoms with van der Waals surface area (Å²) in [6.45, 7) is 2.81. The van der Waals surface area contributed by atoms with Crippen LogP contribution in [0.3, 0.4) is 0 Å². The molecule has 0 atom stereocenters. The molecule has 0 aliphatic rings. The third kappa shape index (κ3) is 4.77. The van der Waals surface area contributed by atoms with E-state index in [0.717, 1.165) is 5.69 Å². The number of benzene rings is 2. The zero-order valence-corrected chi connectivity index (χ0v) is 16.3. The number of aromatic nitrogens is 2. The highest BCUT2D eigenvalue weighted by Crippen LogP contribution is 2.29. The summed E-state index contributed by atoms with van der Waals surface area (Å²) in [5.74, 6) is 2.03. The van der Waals surface area contributed by atoms with Gasteiger partial charge in [-0.25, -0.2) is 0 Å². The van der Waals surface area contributed by atoms with E-state index in [0.29, 0.717) is 29.0 Å². The van der Waals surface area contributed by atoms with E-state index in [4.69, 9.17) is 21.7 Å². The van der Waals surface area contributed by atoms with Crippen LogP contribution in [0.15, 0.2) is 54.7 Å². The van der Waals surface area contributed by atoms with E-state index >= 15 is 0 Å². The van der Waals surface area contributed by atoms with Crippen molar-refractivity contribution in [1.82, 2.24) is 9.78 Å². The fourth-order valence-electron chi connectivity index (χ4n) is 2.65. The van der Waals surface area contributed by atoms with Crippen molar-refractivity contribution in [3.8, 4) is 11.5 Å². The van der Waals surface area contributed by atoms with Gasteiger partial charge < -0.3 is 20.1 Å². The molecule has 0 saturated carbocycles. The van der Waals surface area contributed by atoms with E-state index in [1.807, 2.05) is 41.2 Å². The smallest absolute Gasteiger partial charge is 0.176 e. The summed E-state index contributed by atoms with van der Waals surface area (Å²) >= 11 is 5.39. The second-order valence-corrected chi connectivity index (χ2v) is 6.38. The van der Waals surface area contributed by atoms with Crippen molar-refractivity contribution < 1.29 is 9.47 Å². The first-order valence-corrected chi connectivity index (χ1v) is 8.88. The number of hydrogen-bond donors (Lipinski definition) is 2. The number of nitrogens with one attached hydrogen (secondary N) is 2. The highest BCUT2D eigenvalue weighted by molar-refractivity contribution is 7.80. The number of methoxy groups -OCH3 is 2. The lowest BCUT2D eigenvalue weighted by atomic mass is 10.1. The monoisotopic (exact) mass is 382 g/mol. The number of ether oxygens (including phenoxy) is 2. The first kappa shape index (κ1) is 18.7. The van der Waals surface area contributed by atoms with Crippen LogP contribution in [0.5, 0.6) is 11.5 Å². The molecule has 2 aromatic carbocycles. The Morgan fingerprint density at radius 1 is 1.07 bits per heavy atom. The van der Waals surface area contributed by atoms with Crippen LogP contribution in [0.4, 0.5) is 11.5 Å². The Kier molecular flexibility index (Phi) is 5.93. The quantitative estimate of drug-likeness (QED) is 0.627. The molecular weight excluding hydrogens is 360 g/mol. The highest BCUT2D eigenvalue weighted by atomic mass is 32.1. The Morgan fingerprint density at radius 2 is 1.89 bits per heavy atom. The van der Waals surface area contributed by atoms with Gasteiger partial charge in [-0.05, 0) is 42.4 Å². The predicted octanol–water partition coefficient (Wildman–Crippen LogP) is 4.07. The van der Waals surface area contributed by atoms with Crippen molar-refractivity contribution in [2.24, 2.45) is 0 Å². The van der Waals surface area contributed by atoms with Crippen molar-refractivity contribution in [3.63, 3.8) is 0 Å². The molecule has 0 fully saturated rings. The van der Waals surface area contributed by atoms with E-state index in [1.165, 1.54) is 11.1 Å².